The summed E-state index contributed by atoms with van der Waals surface area (Å²) in [7, 11) is 0. The summed E-state index contributed by atoms with van der Waals surface area (Å²) in [6.45, 7) is 4.44. The molecular weight excluding hydrogens is 396 g/mol. The number of carbonyl (C=O) groups is 3. The number of nitrogens with two attached hydrogens (primary N) is 1. The van der Waals surface area contributed by atoms with Crippen LogP contribution in [-0.4, -0.2) is 34.2 Å². The Labute approximate surface area is 179 Å². The smallest absolute Gasteiger partial charge is 0.313 e. The maximum absolute atomic E-state index is 13.1. The molecule has 0 bridgehead atoms. The van der Waals surface area contributed by atoms with Gasteiger partial charge >= 0.3 is 11.8 Å². The third-order valence-corrected chi connectivity index (χ3v) is 5.60. The number of amides is 3. The second-order valence-electron chi connectivity index (χ2n) is 8.09. The van der Waals surface area contributed by atoms with Gasteiger partial charge in [0.05, 0.1) is 23.5 Å². The van der Waals surface area contributed by atoms with Crippen molar-refractivity contribution in [2.45, 2.75) is 32.7 Å². The molecule has 0 aliphatic carbocycles. The summed E-state index contributed by atoms with van der Waals surface area (Å²) in [5, 5.41) is 3.51. The van der Waals surface area contributed by atoms with Crippen molar-refractivity contribution in [2.75, 3.05) is 11.9 Å². The van der Waals surface area contributed by atoms with E-state index >= 15 is 0 Å². The molecular formula is C23H24N4O4. The summed E-state index contributed by atoms with van der Waals surface area (Å²) >= 11 is 0. The number of aromatic nitrogens is 1. The molecule has 2 atom stereocenters. The van der Waals surface area contributed by atoms with Crippen molar-refractivity contribution in [1.29, 1.82) is 0 Å². The topological polar surface area (TPSA) is 119 Å². The van der Waals surface area contributed by atoms with E-state index in [1.807, 2.05) is 31.2 Å². The van der Waals surface area contributed by atoms with Gasteiger partial charge in [-0.1, -0.05) is 13.0 Å². The number of primary amides is 1. The van der Waals surface area contributed by atoms with E-state index < -0.39 is 17.7 Å². The fourth-order valence-corrected chi connectivity index (χ4v) is 4.08. The first-order chi connectivity index (χ1) is 14.8. The zero-order valence-electron chi connectivity index (χ0n) is 17.4. The van der Waals surface area contributed by atoms with Gasteiger partial charge in [0, 0.05) is 18.1 Å². The maximum Gasteiger partial charge on any atom is 0.313 e. The van der Waals surface area contributed by atoms with Gasteiger partial charge in [-0.25, -0.2) is 0 Å². The minimum Gasteiger partial charge on any atom is -0.461 e. The van der Waals surface area contributed by atoms with Gasteiger partial charge in [0.25, 0.3) is 0 Å². The van der Waals surface area contributed by atoms with Crippen LogP contribution in [0, 0.1) is 12.8 Å². The number of hydrogen-bond donors (Lipinski definition) is 2. The number of likely N-dealkylation sites (tertiary alicyclic amines) is 1. The molecule has 4 rings (SSSR count). The maximum atomic E-state index is 13.1. The predicted molar refractivity (Wildman–Crippen MR) is 115 cm³/mol. The Morgan fingerprint density at radius 2 is 1.97 bits per heavy atom. The quantitative estimate of drug-likeness (QED) is 0.631. The summed E-state index contributed by atoms with van der Waals surface area (Å²) in [4.78, 5) is 42.7. The van der Waals surface area contributed by atoms with Gasteiger partial charge in [0.2, 0.25) is 5.91 Å². The van der Waals surface area contributed by atoms with Crippen LogP contribution in [0.5, 0.6) is 0 Å². The molecule has 0 saturated carbocycles. The van der Waals surface area contributed by atoms with Gasteiger partial charge in [0.1, 0.15) is 11.3 Å². The van der Waals surface area contributed by atoms with Crippen LogP contribution in [-0.2, 0) is 9.59 Å². The van der Waals surface area contributed by atoms with Crippen molar-refractivity contribution in [3.63, 3.8) is 0 Å². The fourth-order valence-electron chi connectivity index (χ4n) is 4.08. The molecule has 1 aliphatic heterocycles. The van der Waals surface area contributed by atoms with Crippen molar-refractivity contribution in [1.82, 2.24) is 9.88 Å². The Balaban J connectivity index is 1.57. The second-order valence-corrected chi connectivity index (χ2v) is 8.09. The number of nitrogens with zero attached hydrogens (tertiary/aromatic N) is 2. The van der Waals surface area contributed by atoms with E-state index in [1.165, 1.54) is 18.5 Å². The van der Waals surface area contributed by atoms with Crippen LogP contribution in [0.25, 0.3) is 11.0 Å². The van der Waals surface area contributed by atoms with E-state index in [1.54, 1.807) is 4.90 Å². The van der Waals surface area contributed by atoms with Crippen LogP contribution in [0.4, 0.5) is 5.69 Å². The molecule has 1 aliphatic rings. The van der Waals surface area contributed by atoms with Crippen molar-refractivity contribution < 1.29 is 18.8 Å². The number of aryl methyl sites for hydroxylation is 1. The van der Waals surface area contributed by atoms with Gasteiger partial charge in [-0.3, -0.25) is 19.4 Å². The van der Waals surface area contributed by atoms with Gasteiger partial charge in [-0.15, -0.1) is 0 Å². The lowest BCUT2D eigenvalue weighted by Gasteiger charge is -2.38. The van der Waals surface area contributed by atoms with Crippen LogP contribution < -0.4 is 11.1 Å². The monoisotopic (exact) mass is 420 g/mol. The highest BCUT2D eigenvalue weighted by Gasteiger charge is 2.34. The molecule has 8 nitrogen and oxygen atoms in total. The first-order valence-electron chi connectivity index (χ1n) is 10.2. The van der Waals surface area contributed by atoms with E-state index in [0.29, 0.717) is 6.54 Å². The van der Waals surface area contributed by atoms with Gasteiger partial charge < -0.3 is 20.4 Å². The molecule has 0 spiro atoms. The number of furan rings is 1. The molecule has 1 aromatic carbocycles. The highest BCUT2D eigenvalue weighted by molar-refractivity contribution is 6.39. The van der Waals surface area contributed by atoms with Crippen LogP contribution in [0.2, 0.25) is 0 Å². The number of pyridine rings is 1. The molecule has 3 heterocycles. The molecule has 3 amide bonds. The average molecular weight is 420 g/mol. The van der Waals surface area contributed by atoms with Crippen LogP contribution in [0.1, 0.15) is 47.5 Å². The Bertz CT molecular complexity index is 1170. The SMILES string of the molecule is Cc1cc2cc([C@@H]3CC[C@@H](C)CN3C(=O)C(=O)Nc3cncc(C(N)=O)c3)ccc2o1. The molecule has 2 aromatic heterocycles. The first kappa shape index (κ1) is 20.6. The van der Waals surface area contributed by atoms with Crippen molar-refractivity contribution in [3.05, 3.63) is 59.6 Å². The van der Waals surface area contributed by atoms with Crippen molar-refractivity contribution in [3.8, 4) is 0 Å². The standard InChI is InChI=1S/C23H24N4O4/c1-13-3-5-19(15-4-6-20-16(8-15)7-14(2)31-20)27(12-13)23(30)22(29)26-18-9-17(21(24)28)10-25-11-18/h4,6-11,13,19H,3,5,12H2,1-2H3,(H2,24,28)(H,26,29)/t13-,19+/m1/s1. The number of nitrogens with one attached hydrogen (secondary N) is 1. The minimum atomic E-state index is -0.775. The lowest BCUT2D eigenvalue weighted by atomic mass is 9.89. The fraction of sp³-hybridized carbons (Fsp3) is 0.304. The molecule has 8 heteroatoms. The number of carbonyl (C=O) groups excluding carboxylic acids is 3. The van der Waals surface area contributed by atoms with E-state index in [-0.39, 0.29) is 23.2 Å². The predicted octanol–water partition coefficient (Wildman–Crippen LogP) is 3.17. The molecule has 3 aromatic rings. The molecule has 1 fully saturated rings. The summed E-state index contributed by atoms with van der Waals surface area (Å²) in [5.74, 6) is -0.951. The number of anilines is 1. The number of fused-ring (bicyclic) bond motifs is 1. The zero-order chi connectivity index (χ0) is 22.1. The largest absolute Gasteiger partial charge is 0.461 e. The Morgan fingerprint density at radius 3 is 2.74 bits per heavy atom. The van der Waals surface area contributed by atoms with E-state index in [2.05, 4.69) is 17.2 Å². The first-order valence-corrected chi connectivity index (χ1v) is 10.2. The van der Waals surface area contributed by atoms with Gasteiger partial charge in [0.15, 0.2) is 0 Å². The summed E-state index contributed by atoms with van der Waals surface area (Å²) < 4.78 is 5.65. The zero-order valence-corrected chi connectivity index (χ0v) is 17.4. The van der Waals surface area contributed by atoms with Crippen molar-refractivity contribution >= 4 is 34.4 Å². The van der Waals surface area contributed by atoms with E-state index in [0.717, 1.165) is 35.1 Å². The third-order valence-electron chi connectivity index (χ3n) is 5.60. The van der Waals surface area contributed by atoms with Crippen LogP contribution >= 0.6 is 0 Å². The highest BCUT2D eigenvalue weighted by atomic mass is 16.3. The summed E-state index contributed by atoms with van der Waals surface area (Å²) in [5.41, 5.74) is 7.41. The minimum absolute atomic E-state index is 0.151. The summed E-state index contributed by atoms with van der Waals surface area (Å²) in [6.07, 6.45) is 4.39. The van der Waals surface area contributed by atoms with Crippen LogP contribution in [0.3, 0.4) is 0 Å². The number of benzene rings is 1. The summed E-state index contributed by atoms with van der Waals surface area (Å²) in [6, 6.07) is 9.02. The van der Waals surface area contributed by atoms with E-state index in [9.17, 15) is 14.4 Å². The normalized spacial score (nSPS) is 18.7. The van der Waals surface area contributed by atoms with Crippen LogP contribution in [0.15, 0.2) is 47.1 Å². The molecule has 0 unspecified atom stereocenters. The Hall–Kier alpha value is -3.68. The molecule has 0 radical (unpaired) electrons. The Morgan fingerprint density at radius 1 is 1.16 bits per heavy atom. The Kier molecular flexibility index (Phi) is 5.46. The third kappa shape index (κ3) is 4.28. The van der Waals surface area contributed by atoms with Crippen molar-refractivity contribution in [2.24, 2.45) is 11.7 Å². The van der Waals surface area contributed by atoms with Gasteiger partial charge in [-0.05, 0) is 55.5 Å². The van der Waals surface area contributed by atoms with Gasteiger partial charge in [-0.2, -0.15) is 0 Å². The second kappa shape index (κ2) is 8.22. The average Bonchev–Trinajstić information content (AvgIpc) is 3.12. The molecule has 3 N–H and O–H groups in total. The highest BCUT2D eigenvalue weighted by Crippen LogP contribution is 2.35. The molecule has 1 saturated heterocycles. The molecule has 160 valence electrons. The number of rotatable bonds is 3. The van der Waals surface area contributed by atoms with E-state index in [4.69, 9.17) is 10.2 Å². The number of piperidine rings is 1. The lowest BCUT2D eigenvalue weighted by molar-refractivity contribution is -0.146. The molecule has 31 heavy (non-hydrogen) atoms. The lowest BCUT2D eigenvalue weighted by Crippen LogP contribution is -2.46. The number of hydrogen-bond acceptors (Lipinski definition) is 5.